The van der Waals surface area contributed by atoms with Crippen molar-refractivity contribution in [2.45, 2.75) is 32.3 Å². The highest BCUT2D eigenvalue weighted by Crippen LogP contribution is 2.34. The second-order valence-corrected chi connectivity index (χ2v) is 4.47. The first-order valence-corrected chi connectivity index (χ1v) is 6.17. The first-order valence-electron chi connectivity index (χ1n) is 6.17. The fourth-order valence-electron chi connectivity index (χ4n) is 2.52. The van der Waals surface area contributed by atoms with Crippen LogP contribution < -0.4 is 0 Å². The molecule has 0 aliphatic carbocycles. The maximum Gasteiger partial charge on any atom is 0.0877 e. The maximum atomic E-state index is 9.45. The summed E-state index contributed by atoms with van der Waals surface area (Å²) in [5.74, 6) is 0.242. The highest BCUT2D eigenvalue weighted by molar-refractivity contribution is 5.31. The SMILES string of the molecule is CCCC(CO)C1OCCc2ccccc21. The van der Waals surface area contributed by atoms with Gasteiger partial charge in [0.1, 0.15) is 0 Å². The van der Waals surface area contributed by atoms with Crippen LogP contribution in [0, 0.1) is 5.92 Å². The molecular formula is C14H20O2. The Labute approximate surface area is 97.3 Å². The monoisotopic (exact) mass is 220 g/mol. The molecule has 0 spiro atoms. The van der Waals surface area contributed by atoms with Crippen molar-refractivity contribution in [3.05, 3.63) is 35.4 Å². The van der Waals surface area contributed by atoms with Gasteiger partial charge in [0.25, 0.3) is 0 Å². The normalized spacial score (nSPS) is 21.5. The number of aliphatic hydroxyl groups is 1. The van der Waals surface area contributed by atoms with Gasteiger partial charge in [-0.1, -0.05) is 37.6 Å². The molecule has 0 radical (unpaired) electrons. The summed E-state index contributed by atoms with van der Waals surface area (Å²) in [6.45, 7) is 3.14. The van der Waals surface area contributed by atoms with Gasteiger partial charge in [0.15, 0.2) is 0 Å². The fraction of sp³-hybridized carbons (Fsp3) is 0.571. The molecule has 0 fully saturated rings. The Bertz CT molecular complexity index is 335. The van der Waals surface area contributed by atoms with E-state index in [4.69, 9.17) is 4.74 Å². The molecule has 16 heavy (non-hydrogen) atoms. The molecule has 1 aliphatic heterocycles. The molecule has 0 aromatic heterocycles. The van der Waals surface area contributed by atoms with Gasteiger partial charge in [-0.2, -0.15) is 0 Å². The number of rotatable bonds is 4. The lowest BCUT2D eigenvalue weighted by Gasteiger charge is -2.31. The Hall–Kier alpha value is -0.860. The van der Waals surface area contributed by atoms with E-state index in [2.05, 4.69) is 31.2 Å². The van der Waals surface area contributed by atoms with Crippen LogP contribution >= 0.6 is 0 Å². The molecule has 1 aromatic rings. The molecule has 1 N–H and O–H groups in total. The molecule has 1 aromatic carbocycles. The van der Waals surface area contributed by atoms with E-state index in [1.54, 1.807) is 0 Å². The number of hydrogen-bond acceptors (Lipinski definition) is 2. The van der Waals surface area contributed by atoms with Gasteiger partial charge >= 0.3 is 0 Å². The molecule has 0 amide bonds. The summed E-state index contributed by atoms with van der Waals surface area (Å²) >= 11 is 0. The van der Waals surface area contributed by atoms with Crippen molar-refractivity contribution in [2.24, 2.45) is 5.92 Å². The third-order valence-corrected chi connectivity index (χ3v) is 3.35. The smallest absolute Gasteiger partial charge is 0.0877 e. The molecule has 0 saturated carbocycles. The van der Waals surface area contributed by atoms with Gasteiger partial charge < -0.3 is 9.84 Å². The number of aliphatic hydroxyl groups excluding tert-OH is 1. The molecule has 0 saturated heterocycles. The minimum Gasteiger partial charge on any atom is -0.396 e. The third-order valence-electron chi connectivity index (χ3n) is 3.35. The van der Waals surface area contributed by atoms with E-state index < -0.39 is 0 Å². The zero-order chi connectivity index (χ0) is 11.4. The van der Waals surface area contributed by atoms with Crippen molar-refractivity contribution in [2.75, 3.05) is 13.2 Å². The molecule has 1 aliphatic rings. The van der Waals surface area contributed by atoms with Crippen LogP contribution in [0.1, 0.15) is 37.0 Å². The van der Waals surface area contributed by atoms with E-state index in [-0.39, 0.29) is 18.6 Å². The summed E-state index contributed by atoms with van der Waals surface area (Å²) in [6, 6.07) is 8.44. The van der Waals surface area contributed by atoms with Crippen LogP contribution in [0.2, 0.25) is 0 Å². The van der Waals surface area contributed by atoms with Gasteiger partial charge in [0, 0.05) is 12.5 Å². The average molecular weight is 220 g/mol. The van der Waals surface area contributed by atoms with Crippen molar-refractivity contribution in [1.82, 2.24) is 0 Å². The Balaban J connectivity index is 2.23. The van der Waals surface area contributed by atoms with E-state index in [1.165, 1.54) is 11.1 Å². The molecule has 88 valence electrons. The van der Waals surface area contributed by atoms with Crippen LogP contribution in [-0.4, -0.2) is 18.3 Å². The Morgan fingerprint density at radius 1 is 1.44 bits per heavy atom. The van der Waals surface area contributed by atoms with Crippen LogP contribution in [0.5, 0.6) is 0 Å². The first-order chi connectivity index (χ1) is 7.86. The topological polar surface area (TPSA) is 29.5 Å². The fourth-order valence-corrected chi connectivity index (χ4v) is 2.52. The summed E-state index contributed by atoms with van der Waals surface area (Å²) in [5.41, 5.74) is 2.66. The lowest BCUT2D eigenvalue weighted by atomic mass is 9.87. The predicted molar refractivity (Wildman–Crippen MR) is 64.3 cm³/mol. The second-order valence-electron chi connectivity index (χ2n) is 4.47. The van der Waals surface area contributed by atoms with Crippen LogP contribution in [0.25, 0.3) is 0 Å². The predicted octanol–water partition coefficient (Wildman–Crippen LogP) is 2.71. The van der Waals surface area contributed by atoms with E-state index in [1.807, 2.05) is 0 Å². The van der Waals surface area contributed by atoms with Crippen molar-refractivity contribution in [1.29, 1.82) is 0 Å². The quantitative estimate of drug-likeness (QED) is 0.845. The number of fused-ring (bicyclic) bond motifs is 1. The van der Waals surface area contributed by atoms with Gasteiger partial charge in [0.2, 0.25) is 0 Å². The second kappa shape index (κ2) is 5.46. The minimum absolute atomic E-state index is 0.0925. The third kappa shape index (κ3) is 2.28. The Morgan fingerprint density at radius 2 is 2.25 bits per heavy atom. The molecular weight excluding hydrogens is 200 g/mol. The van der Waals surface area contributed by atoms with Crippen LogP contribution in [-0.2, 0) is 11.2 Å². The standard InChI is InChI=1S/C14H20O2/c1-2-5-12(10-15)14-13-7-4-3-6-11(13)8-9-16-14/h3-4,6-7,12,14-15H,2,5,8-10H2,1H3. The summed E-state index contributed by atoms with van der Waals surface area (Å²) in [7, 11) is 0. The van der Waals surface area contributed by atoms with Crippen molar-refractivity contribution >= 4 is 0 Å². The van der Waals surface area contributed by atoms with Gasteiger partial charge in [-0.05, 0) is 24.0 Å². The van der Waals surface area contributed by atoms with Gasteiger partial charge in [-0.25, -0.2) is 0 Å². The number of benzene rings is 1. The molecule has 2 heteroatoms. The zero-order valence-corrected chi connectivity index (χ0v) is 9.86. The molecule has 2 unspecified atom stereocenters. The summed E-state index contributed by atoms with van der Waals surface area (Å²) < 4.78 is 5.85. The molecule has 1 heterocycles. The Morgan fingerprint density at radius 3 is 3.00 bits per heavy atom. The molecule has 2 rings (SSSR count). The van der Waals surface area contributed by atoms with Gasteiger partial charge in [0.05, 0.1) is 12.7 Å². The highest BCUT2D eigenvalue weighted by Gasteiger charge is 2.27. The summed E-state index contributed by atoms with van der Waals surface area (Å²) in [5, 5.41) is 9.45. The molecule has 0 bridgehead atoms. The summed E-state index contributed by atoms with van der Waals surface area (Å²) in [4.78, 5) is 0. The highest BCUT2D eigenvalue weighted by atomic mass is 16.5. The van der Waals surface area contributed by atoms with Crippen molar-refractivity contribution in [3.8, 4) is 0 Å². The number of hydrogen-bond donors (Lipinski definition) is 1. The lowest BCUT2D eigenvalue weighted by Crippen LogP contribution is -2.25. The largest absolute Gasteiger partial charge is 0.396 e. The van der Waals surface area contributed by atoms with Crippen molar-refractivity contribution in [3.63, 3.8) is 0 Å². The van der Waals surface area contributed by atoms with Crippen molar-refractivity contribution < 1.29 is 9.84 Å². The number of ether oxygens (including phenoxy) is 1. The van der Waals surface area contributed by atoms with Gasteiger partial charge in [-0.3, -0.25) is 0 Å². The minimum atomic E-state index is 0.0925. The van der Waals surface area contributed by atoms with E-state index in [0.29, 0.717) is 0 Å². The van der Waals surface area contributed by atoms with E-state index >= 15 is 0 Å². The van der Waals surface area contributed by atoms with E-state index in [9.17, 15) is 5.11 Å². The summed E-state index contributed by atoms with van der Waals surface area (Å²) in [6.07, 6.45) is 3.20. The maximum absolute atomic E-state index is 9.45. The van der Waals surface area contributed by atoms with Gasteiger partial charge in [-0.15, -0.1) is 0 Å². The van der Waals surface area contributed by atoms with Crippen LogP contribution in [0.4, 0.5) is 0 Å². The first kappa shape index (κ1) is 11.6. The van der Waals surface area contributed by atoms with E-state index in [0.717, 1.165) is 25.9 Å². The lowest BCUT2D eigenvalue weighted by molar-refractivity contribution is -0.0196. The molecule has 2 nitrogen and oxygen atoms in total. The molecule has 2 atom stereocenters. The zero-order valence-electron chi connectivity index (χ0n) is 9.86. The Kier molecular flexibility index (Phi) is 3.97. The average Bonchev–Trinajstić information content (AvgIpc) is 2.35. The van der Waals surface area contributed by atoms with Crippen LogP contribution in [0.15, 0.2) is 24.3 Å². The van der Waals surface area contributed by atoms with Crippen LogP contribution in [0.3, 0.4) is 0 Å².